The molecule has 8 nitrogen and oxygen atoms in total. The summed E-state index contributed by atoms with van der Waals surface area (Å²) in [5.41, 5.74) is -0.123. The number of aliphatic hydroxyl groups is 1. The van der Waals surface area contributed by atoms with Gasteiger partial charge in [-0.1, -0.05) is 64.7 Å². The number of ether oxygens (including phenoxy) is 2. The quantitative estimate of drug-likeness (QED) is 0.237. The van der Waals surface area contributed by atoms with Crippen LogP contribution in [0.25, 0.3) is 0 Å². The Morgan fingerprint density at radius 2 is 1.57 bits per heavy atom. The molecule has 0 amide bonds. The van der Waals surface area contributed by atoms with E-state index < -0.39 is 46.9 Å². The number of methoxy groups -OCH3 is 1. The van der Waals surface area contributed by atoms with Gasteiger partial charge in [0.15, 0.2) is 0 Å². The number of Topliss-reactive ketones (excluding diaryl/α,β-unsaturated/α-hetero) is 4. The van der Waals surface area contributed by atoms with Crippen molar-refractivity contribution in [2.45, 2.75) is 150 Å². The maximum atomic E-state index is 14.7. The van der Waals surface area contributed by atoms with Gasteiger partial charge in [-0.05, 0) is 70.3 Å². The summed E-state index contributed by atoms with van der Waals surface area (Å²) in [7, 11) is 1.32. The minimum Gasteiger partial charge on any atom is -0.469 e. The number of hydrogen-bond acceptors (Lipinski definition) is 8. The standard InChI is InChI=1S/C41H62O8/c1-23(2)29-20-33(43)26(5)12-10-11-24(3)18-34(44)30-19-28(7)38-31(41(30,21-35(29)45)39(46)48-9)17-25(4)13-15-32(42)27(6)14-16-37-40(8,47)22-36(38)49-37/h17,23-24,26-27,29-31,36-37,47H,10-16,18-22H2,1-9H3/b25-17-/t24-,26+,27-,29-,30+,31-,36+,37+,40-,41+/m1/s1. The lowest BCUT2D eigenvalue weighted by Crippen LogP contribution is -2.54. The number of allylic oxidation sites excluding steroid dienone is 3. The van der Waals surface area contributed by atoms with E-state index in [1.807, 2.05) is 54.5 Å². The van der Waals surface area contributed by atoms with Gasteiger partial charge in [0, 0.05) is 61.7 Å². The smallest absolute Gasteiger partial charge is 0.313 e. The van der Waals surface area contributed by atoms with E-state index in [1.165, 1.54) is 7.11 Å². The number of fused-ring (bicyclic) bond motifs is 6. The first-order valence-electron chi connectivity index (χ1n) is 18.9. The van der Waals surface area contributed by atoms with Crippen molar-refractivity contribution in [3.63, 3.8) is 0 Å². The molecule has 2 aliphatic heterocycles. The van der Waals surface area contributed by atoms with Gasteiger partial charge in [-0.3, -0.25) is 24.0 Å². The normalized spacial score (nSPS) is 40.3. The highest BCUT2D eigenvalue weighted by atomic mass is 16.5. The van der Waals surface area contributed by atoms with Crippen LogP contribution in [-0.2, 0) is 33.4 Å². The maximum Gasteiger partial charge on any atom is 0.313 e. The van der Waals surface area contributed by atoms with Gasteiger partial charge in [-0.25, -0.2) is 0 Å². The highest BCUT2D eigenvalue weighted by molar-refractivity contribution is 5.97. The third kappa shape index (κ3) is 8.38. The number of carbonyl (C=O) groups is 5. The van der Waals surface area contributed by atoms with Crippen LogP contribution in [0.1, 0.15) is 132 Å². The summed E-state index contributed by atoms with van der Waals surface area (Å²) >= 11 is 0. The molecule has 0 aromatic carbocycles. The monoisotopic (exact) mass is 682 g/mol. The van der Waals surface area contributed by atoms with Crippen LogP contribution in [0.15, 0.2) is 22.8 Å². The van der Waals surface area contributed by atoms with Crippen LogP contribution in [0.2, 0.25) is 0 Å². The third-order valence-electron chi connectivity index (χ3n) is 12.6. The second-order valence-corrected chi connectivity index (χ2v) is 16.9. The van der Waals surface area contributed by atoms with Gasteiger partial charge in [0.05, 0.1) is 30.3 Å². The molecule has 2 heterocycles. The predicted molar refractivity (Wildman–Crippen MR) is 188 cm³/mol. The zero-order chi connectivity index (χ0) is 36.4. The van der Waals surface area contributed by atoms with Gasteiger partial charge in [0.2, 0.25) is 0 Å². The Morgan fingerprint density at radius 3 is 2.22 bits per heavy atom. The molecule has 0 spiro atoms. The molecule has 8 heteroatoms. The summed E-state index contributed by atoms with van der Waals surface area (Å²) < 4.78 is 12.3. The average Bonchev–Trinajstić information content (AvgIpc) is 3.33. The molecule has 0 unspecified atom stereocenters. The van der Waals surface area contributed by atoms with Crippen LogP contribution in [0.5, 0.6) is 0 Å². The first-order valence-corrected chi connectivity index (χ1v) is 18.9. The molecule has 0 aromatic heterocycles. The van der Waals surface area contributed by atoms with Crippen LogP contribution in [0.4, 0.5) is 0 Å². The fraction of sp³-hybridized carbons (Fsp3) is 0.780. The molecule has 2 bridgehead atoms. The van der Waals surface area contributed by atoms with Crippen molar-refractivity contribution < 1.29 is 38.6 Å². The molecule has 10 atom stereocenters. The van der Waals surface area contributed by atoms with Crippen LogP contribution in [-0.4, -0.2) is 59.1 Å². The van der Waals surface area contributed by atoms with Crippen LogP contribution in [0.3, 0.4) is 0 Å². The van der Waals surface area contributed by atoms with Gasteiger partial charge in [0.25, 0.3) is 0 Å². The van der Waals surface area contributed by atoms with Gasteiger partial charge in [0.1, 0.15) is 23.1 Å². The molecule has 1 saturated carbocycles. The van der Waals surface area contributed by atoms with Crippen molar-refractivity contribution in [3.8, 4) is 0 Å². The third-order valence-corrected chi connectivity index (χ3v) is 12.6. The molecule has 2 aliphatic carbocycles. The summed E-state index contributed by atoms with van der Waals surface area (Å²) in [4.78, 5) is 70.7. The van der Waals surface area contributed by atoms with E-state index in [1.54, 1.807) is 6.92 Å². The van der Waals surface area contributed by atoms with Crippen molar-refractivity contribution >= 4 is 29.1 Å². The van der Waals surface area contributed by atoms with Crippen molar-refractivity contribution in [3.05, 3.63) is 22.8 Å². The molecule has 0 aromatic rings. The fourth-order valence-electron chi connectivity index (χ4n) is 9.28. The van der Waals surface area contributed by atoms with Gasteiger partial charge < -0.3 is 14.6 Å². The summed E-state index contributed by atoms with van der Waals surface area (Å²) in [5.74, 6) is -3.37. The molecular formula is C41H62O8. The second-order valence-electron chi connectivity index (χ2n) is 16.9. The zero-order valence-corrected chi connectivity index (χ0v) is 31.6. The Bertz CT molecular complexity index is 1350. The van der Waals surface area contributed by atoms with E-state index >= 15 is 0 Å². The Labute approximate surface area is 294 Å². The lowest BCUT2D eigenvalue weighted by Gasteiger charge is -2.49. The summed E-state index contributed by atoms with van der Waals surface area (Å²) in [6.45, 7) is 15.5. The average molecular weight is 683 g/mol. The van der Waals surface area contributed by atoms with E-state index in [9.17, 15) is 29.1 Å². The van der Waals surface area contributed by atoms with Crippen LogP contribution < -0.4 is 0 Å². The van der Waals surface area contributed by atoms with Crippen LogP contribution in [0, 0.1) is 46.8 Å². The molecule has 4 rings (SSSR count). The zero-order valence-electron chi connectivity index (χ0n) is 31.6. The van der Waals surface area contributed by atoms with Crippen molar-refractivity contribution in [1.82, 2.24) is 0 Å². The Hall–Kier alpha value is -2.45. The lowest BCUT2D eigenvalue weighted by atomic mass is 9.53. The highest BCUT2D eigenvalue weighted by Gasteiger charge is 2.61. The first kappa shape index (κ1) is 39.3. The maximum absolute atomic E-state index is 14.7. The summed E-state index contributed by atoms with van der Waals surface area (Å²) in [6.07, 6.45) is 5.84. The molecule has 1 saturated heterocycles. The number of esters is 1. The van der Waals surface area contributed by atoms with Gasteiger partial charge >= 0.3 is 5.97 Å². The fourth-order valence-corrected chi connectivity index (χ4v) is 9.28. The van der Waals surface area contributed by atoms with E-state index in [4.69, 9.17) is 9.47 Å². The van der Waals surface area contributed by atoms with Crippen molar-refractivity contribution in [2.75, 3.05) is 7.11 Å². The number of rotatable bonds is 2. The van der Waals surface area contributed by atoms with Crippen LogP contribution >= 0.6 is 0 Å². The minimum absolute atomic E-state index is 0.0391. The number of hydrogen-bond donors (Lipinski definition) is 1. The lowest BCUT2D eigenvalue weighted by molar-refractivity contribution is -0.167. The molecule has 274 valence electrons. The molecule has 2 fully saturated rings. The Morgan fingerprint density at radius 1 is 0.898 bits per heavy atom. The molecular weight excluding hydrogens is 620 g/mol. The highest BCUT2D eigenvalue weighted by Crippen LogP contribution is 2.57. The SMILES string of the molecule is COC(=O)[C@@]12CC(=O)[C@@H](C(C)C)CC(=O)[C@@H](C)CCC[C@@H](C)CC(=O)[C@@H]1CC(C)=C1[C@@H]3C[C@@](C)(O)[C@H](CC[C@@H](C)C(=O)CC/C(C)=C\[C@H]12)O3. The van der Waals surface area contributed by atoms with E-state index in [-0.39, 0.29) is 78.9 Å². The molecule has 0 radical (unpaired) electrons. The number of carbonyl (C=O) groups excluding carboxylic acids is 5. The van der Waals surface area contributed by atoms with E-state index in [2.05, 4.69) is 0 Å². The van der Waals surface area contributed by atoms with Gasteiger partial charge in [-0.2, -0.15) is 0 Å². The van der Waals surface area contributed by atoms with E-state index in [0.717, 1.165) is 36.0 Å². The first-order chi connectivity index (χ1) is 22.9. The molecule has 1 N–H and O–H groups in total. The van der Waals surface area contributed by atoms with E-state index in [0.29, 0.717) is 25.7 Å². The molecule has 4 aliphatic rings. The summed E-state index contributed by atoms with van der Waals surface area (Å²) in [6, 6.07) is 0. The number of ketones is 4. The Balaban J connectivity index is 1.99. The van der Waals surface area contributed by atoms with Crippen molar-refractivity contribution in [2.24, 2.45) is 46.8 Å². The minimum atomic E-state index is -1.59. The second kappa shape index (κ2) is 15.8. The molecule has 49 heavy (non-hydrogen) atoms. The predicted octanol–water partition coefficient (Wildman–Crippen LogP) is 7.34. The Kier molecular flexibility index (Phi) is 12.7. The summed E-state index contributed by atoms with van der Waals surface area (Å²) in [5, 5.41) is 11.7. The van der Waals surface area contributed by atoms with Gasteiger partial charge in [-0.15, -0.1) is 0 Å². The largest absolute Gasteiger partial charge is 0.469 e. The topological polar surface area (TPSA) is 124 Å². The van der Waals surface area contributed by atoms with Crippen molar-refractivity contribution in [1.29, 1.82) is 0 Å².